The zero-order valence-electron chi connectivity index (χ0n) is 18.8. The predicted molar refractivity (Wildman–Crippen MR) is 129 cm³/mol. The number of hydrogen-bond donors (Lipinski definition) is 1. The monoisotopic (exact) mass is 532 g/mol. The lowest BCUT2D eigenvalue weighted by molar-refractivity contribution is -0.137. The van der Waals surface area contributed by atoms with Crippen LogP contribution in [0.5, 0.6) is 5.75 Å². The smallest absolute Gasteiger partial charge is 0.416 e. The van der Waals surface area contributed by atoms with E-state index in [1.165, 1.54) is 41.9 Å². The van der Waals surface area contributed by atoms with E-state index in [1.807, 2.05) is 0 Å². The summed E-state index contributed by atoms with van der Waals surface area (Å²) in [4.78, 5) is 12.1. The number of halogens is 3. The molecule has 0 fully saturated rings. The van der Waals surface area contributed by atoms with Gasteiger partial charge in [-0.2, -0.15) is 13.2 Å². The lowest BCUT2D eigenvalue weighted by atomic mass is 9.83. The van der Waals surface area contributed by atoms with Crippen LogP contribution in [0.4, 0.5) is 19.1 Å². The van der Waals surface area contributed by atoms with Gasteiger partial charge >= 0.3 is 6.18 Å². The average molecular weight is 533 g/mol. The molecule has 0 radical (unpaired) electrons. The van der Waals surface area contributed by atoms with E-state index in [9.17, 15) is 21.6 Å². The largest absolute Gasteiger partial charge is 0.493 e. The molecule has 2 aromatic heterocycles. The van der Waals surface area contributed by atoms with Gasteiger partial charge in [0.1, 0.15) is 5.75 Å². The number of aryl methyl sites for hydroxylation is 1. The lowest BCUT2D eigenvalue weighted by Crippen LogP contribution is -2.19. The highest BCUT2D eigenvalue weighted by atomic mass is 32.2. The van der Waals surface area contributed by atoms with E-state index in [0.717, 1.165) is 17.1 Å². The molecule has 0 amide bonds. The zero-order valence-corrected chi connectivity index (χ0v) is 20.4. The van der Waals surface area contributed by atoms with Crippen molar-refractivity contribution >= 4 is 27.3 Å². The van der Waals surface area contributed by atoms with Gasteiger partial charge in [0, 0.05) is 40.9 Å². The minimum atomic E-state index is -4.50. The first-order chi connectivity index (χ1) is 17.1. The van der Waals surface area contributed by atoms with Crippen LogP contribution in [0.15, 0.2) is 65.1 Å². The third-order valence-corrected chi connectivity index (χ3v) is 7.88. The first kappa shape index (κ1) is 24.2. The van der Waals surface area contributed by atoms with Crippen molar-refractivity contribution in [3.8, 4) is 17.0 Å². The molecule has 5 rings (SSSR count). The van der Waals surface area contributed by atoms with E-state index in [1.54, 1.807) is 24.4 Å². The van der Waals surface area contributed by atoms with Gasteiger partial charge in [0.05, 0.1) is 27.8 Å². The van der Waals surface area contributed by atoms with Crippen molar-refractivity contribution in [1.82, 2.24) is 15.0 Å². The maximum Gasteiger partial charge on any atom is 0.416 e. The van der Waals surface area contributed by atoms with Crippen LogP contribution in [-0.2, 0) is 16.2 Å². The Bertz CT molecular complexity index is 1520. The van der Waals surface area contributed by atoms with Crippen molar-refractivity contribution < 1.29 is 26.3 Å². The fraction of sp³-hybridized carbons (Fsp3) is 0.208. The molecular weight excluding hydrogens is 513 g/mol. The van der Waals surface area contributed by atoms with Crippen molar-refractivity contribution in [3.05, 3.63) is 81.9 Å². The summed E-state index contributed by atoms with van der Waals surface area (Å²) in [6.45, 7) is 2.06. The van der Waals surface area contributed by atoms with E-state index in [-0.39, 0.29) is 23.4 Å². The Kier molecular flexibility index (Phi) is 6.17. The van der Waals surface area contributed by atoms with Gasteiger partial charge < -0.3 is 4.74 Å². The van der Waals surface area contributed by atoms with Gasteiger partial charge in [0.25, 0.3) is 10.0 Å². The quantitative estimate of drug-likeness (QED) is 0.357. The van der Waals surface area contributed by atoms with Crippen LogP contribution in [0.1, 0.15) is 34.0 Å². The van der Waals surface area contributed by atoms with Gasteiger partial charge in [0.15, 0.2) is 0 Å². The fourth-order valence-electron chi connectivity index (χ4n) is 4.14. The molecule has 1 atom stereocenters. The Morgan fingerprint density at radius 3 is 2.53 bits per heavy atom. The Balaban J connectivity index is 1.55. The maximum absolute atomic E-state index is 13.5. The van der Waals surface area contributed by atoms with Crippen LogP contribution >= 0.6 is 11.3 Å². The molecule has 1 unspecified atom stereocenters. The first-order valence-corrected chi connectivity index (χ1v) is 13.2. The number of thiazole rings is 1. The number of aromatic nitrogens is 3. The maximum atomic E-state index is 13.5. The molecule has 7 nitrogen and oxygen atoms in total. The van der Waals surface area contributed by atoms with Crippen molar-refractivity contribution in [2.45, 2.75) is 30.3 Å². The number of hydrogen-bond acceptors (Lipinski definition) is 7. The molecule has 1 aliphatic rings. The number of nitrogens with zero attached hydrogens (tertiary/aromatic N) is 3. The third-order valence-electron chi connectivity index (χ3n) is 5.78. The average Bonchev–Trinajstić information content (AvgIpc) is 3.29. The van der Waals surface area contributed by atoms with Gasteiger partial charge in [0.2, 0.25) is 5.95 Å². The molecule has 0 saturated carbocycles. The summed E-state index contributed by atoms with van der Waals surface area (Å²) >= 11 is 1.36. The SMILES string of the molecule is Cc1nc(-c2cc(C(F)(F)F)ccc2C2CCOc3cc(S(=O)(=O)Nc4ncccn4)ccc32)cs1. The topological polar surface area (TPSA) is 94.1 Å². The van der Waals surface area contributed by atoms with Crippen LogP contribution in [0, 0.1) is 6.92 Å². The second-order valence-corrected chi connectivity index (χ2v) is 10.9. The number of rotatable bonds is 5. The molecule has 2 aromatic carbocycles. The Morgan fingerprint density at radius 1 is 1.08 bits per heavy atom. The summed E-state index contributed by atoms with van der Waals surface area (Å²) in [5.74, 6) is -0.0272. The van der Waals surface area contributed by atoms with Crippen molar-refractivity contribution in [2.24, 2.45) is 0 Å². The Labute approximate surface area is 209 Å². The Morgan fingerprint density at radius 2 is 1.83 bits per heavy atom. The molecule has 12 heteroatoms. The second-order valence-electron chi connectivity index (χ2n) is 8.12. The number of nitrogens with one attached hydrogen (secondary N) is 1. The first-order valence-electron chi connectivity index (χ1n) is 10.8. The van der Waals surface area contributed by atoms with Gasteiger partial charge in [-0.1, -0.05) is 12.1 Å². The van der Waals surface area contributed by atoms with Crippen molar-refractivity contribution in [1.29, 1.82) is 0 Å². The number of alkyl halides is 3. The lowest BCUT2D eigenvalue weighted by Gasteiger charge is -2.28. The van der Waals surface area contributed by atoms with E-state index in [2.05, 4.69) is 19.7 Å². The van der Waals surface area contributed by atoms with Gasteiger partial charge in [-0.15, -0.1) is 11.3 Å². The molecule has 0 bridgehead atoms. The summed E-state index contributed by atoms with van der Waals surface area (Å²) in [6.07, 6.45) is -1.16. The fourth-order valence-corrected chi connectivity index (χ4v) is 5.72. The molecule has 186 valence electrons. The molecule has 1 aliphatic heterocycles. The molecule has 36 heavy (non-hydrogen) atoms. The summed E-state index contributed by atoms with van der Waals surface area (Å²) in [7, 11) is -3.99. The number of ether oxygens (including phenoxy) is 1. The summed E-state index contributed by atoms with van der Waals surface area (Å²) in [6, 6.07) is 9.70. The van der Waals surface area contributed by atoms with Crippen LogP contribution in [0.2, 0.25) is 0 Å². The molecular formula is C24H19F3N4O3S2. The van der Waals surface area contributed by atoms with E-state index in [0.29, 0.717) is 34.6 Å². The number of fused-ring (bicyclic) bond motifs is 1. The zero-order chi connectivity index (χ0) is 25.5. The highest BCUT2D eigenvalue weighted by Gasteiger charge is 2.33. The summed E-state index contributed by atoms with van der Waals surface area (Å²) in [5, 5.41) is 2.48. The van der Waals surface area contributed by atoms with Gasteiger partial charge in [-0.3, -0.25) is 0 Å². The molecule has 1 N–H and O–H groups in total. The van der Waals surface area contributed by atoms with Crippen molar-refractivity contribution in [2.75, 3.05) is 11.3 Å². The minimum absolute atomic E-state index is 0.0443. The van der Waals surface area contributed by atoms with E-state index >= 15 is 0 Å². The van der Waals surface area contributed by atoms with Gasteiger partial charge in [-0.05, 0) is 43.2 Å². The van der Waals surface area contributed by atoms with Crippen molar-refractivity contribution in [3.63, 3.8) is 0 Å². The highest BCUT2D eigenvalue weighted by molar-refractivity contribution is 7.92. The molecule has 0 saturated heterocycles. The predicted octanol–water partition coefficient (Wildman–Crippen LogP) is 5.64. The van der Waals surface area contributed by atoms with E-state index in [4.69, 9.17) is 4.74 Å². The molecule has 3 heterocycles. The Hall–Kier alpha value is -3.51. The second kappa shape index (κ2) is 9.17. The van der Waals surface area contributed by atoms with Crippen LogP contribution in [-0.4, -0.2) is 30.0 Å². The van der Waals surface area contributed by atoms with Crippen LogP contribution in [0.25, 0.3) is 11.3 Å². The van der Waals surface area contributed by atoms with Crippen LogP contribution < -0.4 is 9.46 Å². The standard InChI is InChI=1S/C24H19F3N4O3S2/c1-14-30-21(13-35-14)20-11-15(24(25,26)27)3-5-17(20)18-7-10-34-22-12-16(4-6-19(18)22)36(32,33)31-23-28-8-2-9-29-23/h2-6,8-9,11-13,18H,7,10H2,1H3,(H,28,29,31). The molecule has 0 spiro atoms. The summed E-state index contributed by atoms with van der Waals surface area (Å²) in [5.41, 5.74) is 1.47. The minimum Gasteiger partial charge on any atom is -0.493 e. The summed E-state index contributed by atoms with van der Waals surface area (Å²) < 4.78 is 74.3. The highest BCUT2D eigenvalue weighted by Crippen LogP contribution is 2.44. The number of sulfonamides is 1. The van der Waals surface area contributed by atoms with E-state index < -0.39 is 21.8 Å². The van der Waals surface area contributed by atoms with Gasteiger partial charge in [-0.25, -0.2) is 28.1 Å². The molecule has 0 aliphatic carbocycles. The number of benzene rings is 2. The van der Waals surface area contributed by atoms with Crippen LogP contribution in [0.3, 0.4) is 0 Å². The normalized spacial score (nSPS) is 15.7. The number of anilines is 1. The third kappa shape index (κ3) is 4.78. The molecule has 4 aromatic rings.